The average Bonchev–Trinajstić information content (AvgIpc) is 3.27. The maximum Gasteiger partial charge on any atom is 0.262 e. The quantitative estimate of drug-likeness (QED) is 0.471. The molecule has 1 aliphatic rings. The number of amides is 2. The fourth-order valence-electron chi connectivity index (χ4n) is 3.41. The number of rotatable bonds is 7. The van der Waals surface area contributed by atoms with E-state index in [9.17, 15) is 9.59 Å². The van der Waals surface area contributed by atoms with E-state index in [1.54, 1.807) is 12.3 Å². The lowest BCUT2D eigenvalue weighted by Gasteiger charge is -2.20. The molecule has 1 heterocycles. The fraction of sp³-hybridized carbons (Fsp3) is 0.348. The van der Waals surface area contributed by atoms with E-state index in [1.807, 2.05) is 26.0 Å². The molecule has 0 saturated carbocycles. The molecule has 0 aliphatic carbocycles. The number of benzene rings is 2. The second kappa shape index (κ2) is 10.6. The van der Waals surface area contributed by atoms with Gasteiger partial charge in [-0.2, -0.15) is 5.10 Å². The first-order chi connectivity index (χ1) is 14.8. The summed E-state index contributed by atoms with van der Waals surface area (Å²) in [5.41, 5.74) is 4.84. The number of hydrogen-bond acceptors (Lipinski definition) is 4. The number of nitrogens with one attached hydrogen (secondary N) is 2. The molecule has 2 aromatic rings. The van der Waals surface area contributed by atoms with Crippen LogP contribution in [0.4, 0.5) is 5.69 Å². The van der Waals surface area contributed by atoms with Crippen LogP contribution in [0.15, 0.2) is 47.6 Å². The third kappa shape index (κ3) is 6.21. The van der Waals surface area contributed by atoms with Crippen molar-refractivity contribution < 1.29 is 9.59 Å². The van der Waals surface area contributed by atoms with Gasteiger partial charge in [0.05, 0.1) is 16.8 Å². The Morgan fingerprint density at radius 3 is 2.35 bits per heavy atom. The normalized spacial score (nSPS) is 14.8. The molecule has 0 spiro atoms. The van der Waals surface area contributed by atoms with Crippen molar-refractivity contribution >= 4 is 46.9 Å². The number of anilines is 1. The zero-order valence-electron chi connectivity index (χ0n) is 17.6. The third-order valence-corrected chi connectivity index (χ3v) is 5.71. The van der Waals surface area contributed by atoms with Crippen LogP contribution in [0, 0.1) is 5.92 Å². The van der Waals surface area contributed by atoms with E-state index in [2.05, 4.69) is 32.9 Å². The van der Waals surface area contributed by atoms with Crippen LogP contribution < -0.4 is 15.6 Å². The summed E-state index contributed by atoms with van der Waals surface area (Å²) in [6, 6.07) is 11.9. The fourth-order valence-corrected chi connectivity index (χ4v) is 3.91. The monoisotopic (exact) mass is 460 g/mol. The summed E-state index contributed by atoms with van der Waals surface area (Å²) in [7, 11) is 0. The summed E-state index contributed by atoms with van der Waals surface area (Å²) < 4.78 is 0. The van der Waals surface area contributed by atoms with Crippen LogP contribution >= 0.6 is 23.2 Å². The molecule has 1 saturated heterocycles. The first-order valence-corrected chi connectivity index (χ1v) is 11.0. The zero-order chi connectivity index (χ0) is 22.4. The second-order valence-corrected chi connectivity index (χ2v) is 8.68. The molecule has 164 valence electrons. The highest BCUT2D eigenvalue weighted by molar-refractivity contribution is 6.36. The Morgan fingerprint density at radius 1 is 1.06 bits per heavy atom. The molecular weight excluding hydrogens is 435 g/mol. The second-order valence-electron chi connectivity index (χ2n) is 7.84. The topological polar surface area (TPSA) is 73.8 Å². The minimum atomic E-state index is -0.770. The zero-order valence-corrected chi connectivity index (χ0v) is 19.1. The minimum Gasteiger partial charge on any atom is -0.372 e. The minimum absolute atomic E-state index is 0.148. The number of carbonyl (C=O) groups excluding carboxylic acids is 2. The Morgan fingerprint density at radius 2 is 1.74 bits per heavy atom. The molecule has 2 aromatic carbocycles. The van der Waals surface area contributed by atoms with Gasteiger partial charge in [0.25, 0.3) is 11.8 Å². The van der Waals surface area contributed by atoms with Gasteiger partial charge >= 0.3 is 0 Å². The van der Waals surface area contributed by atoms with Gasteiger partial charge in [-0.05, 0) is 54.7 Å². The predicted molar refractivity (Wildman–Crippen MR) is 126 cm³/mol. The van der Waals surface area contributed by atoms with Gasteiger partial charge in [-0.25, -0.2) is 5.43 Å². The maximum absolute atomic E-state index is 12.6. The molecule has 0 aromatic heterocycles. The van der Waals surface area contributed by atoms with Crippen LogP contribution in [-0.4, -0.2) is 37.2 Å². The van der Waals surface area contributed by atoms with Gasteiger partial charge in [-0.3, -0.25) is 9.59 Å². The molecule has 1 unspecified atom stereocenters. The number of halogens is 2. The largest absolute Gasteiger partial charge is 0.372 e. The van der Waals surface area contributed by atoms with E-state index in [4.69, 9.17) is 23.2 Å². The molecular formula is C23H26Cl2N4O2. The van der Waals surface area contributed by atoms with Crippen molar-refractivity contribution in [2.24, 2.45) is 11.0 Å². The summed E-state index contributed by atoms with van der Waals surface area (Å²) >= 11 is 12.0. The van der Waals surface area contributed by atoms with Gasteiger partial charge in [-0.1, -0.05) is 49.2 Å². The van der Waals surface area contributed by atoms with Gasteiger partial charge in [-0.15, -0.1) is 0 Å². The predicted octanol–water partition coefficient (Wildman–Crippen LogP) is 4.50. The lowest BCUT2D eigenvalue weighted by Crippen LogP contribution is -2.48. The molecule has 6 nitrogen and oxygen atoms in total. The Labute approximate surface area is 192 Å². The van der Waals surface area contributed by atoms with E-state index < -0.39 is 17.9 Å². The highest BCUT2D eigenvalue weighted by atomic mass is 35.5. The molecule has 0 bridgehead atoms. The molecule has 0 radical (unpaired) electrons. The standard InChI is InChI=1S/C23H26Cl2N4O2/c1-15(2)21(27-22(30)19-10-7-17(24)13-20(19)25)23(31)28-26-14-16-5-8-18(9-6-16)29-11-3-4-12-29/h5-10,13-15,21H,3-4,11-12H2,1-2H3,(H,27,30)(H,28,31). The molecule has 3 rings (SSSR count). The SMILES string of the molecule is CC(C)C(NC(=O)c1ccc(Cl)cc1Cl)C(=O)NN=Cc1ccc(N2CCCC2)cc1. The van der Waals surface area contributed by atoms with Crippen molar-refractivity contribution in [2.75, 3.05) is 18.0 Å². The summed E-state index contributed by atoms with van der Waals surface area (Å²) in [5.74, 6) is -1.000. The Balaban J connectivity index is 1.59. The van der Waals surface area contributed by atoms with Gasteiger partial charge in [0.1, 0.15) is 6.04 Å². The first kappa shape index (κ1) is 23.1. The van der Waals surface area contributed by atoms with E-state index in [0.717, 1.165) is 18.7 Å². The Kier molecular flexibility index (Phi) is 7.93. The molecule has 2 amide bonds. The first-order valence-electron chi connectivity index (χ1n) is 10.3. The third-order valence-electron chi connectivity index (χ3n) is 5.16. The Bertz CT molecular complexity index is 955. The molecule has 1 aliphatic heterocycles. The van der Waals surface area contributed by atoms with Crippen molar-refractivity contribution in [1.29, 1.82) is 0 Å². The van der Waals surface area contributed by atoms with Crippen LogP contribution in [0.25, 0.3) is 0 Å². The Hall–Kier alpha value is -2.57. The summed E-state index contributed by atoms with van der Waals surface area (Å²) in [5, 5.41) is 7.43. The van der Waals surface area contributed by atoms with Crippen molar-refractivity contribution in [3.63, 3.8) is 0 Å². The lowest BCUT2D eigenvalue weighted by atomic mass is 10.0. The number of hydrogen-bond donors (Lipinski definition) is 2. The van der Waals surface area contributed by atoms with Crippen molar-refractivity contribution in [1.82, 2.24) is 10.7 Å². The van der Waals surface area contributed by atoms with Crippen LogP contribution in [0.3, 0.4) is 0 Å². The van der Waals surface area contributed by atoms with Crippen LogP contribution in [0.1, 0.15) is 42.6 Å². The van der Waals surface area contributed by atoms with Gasteiger partial charge in [0.2, 0.25) is 0 Å². The van der Waals surface area contributed by atoms with E-state index in [0.29, 0.717) is 5.02 Å². The summed E-state index contributed by atoms with van der Waals surface area (Å²) in [6.07, 6.45) is 4.04. The smallest absolute Gasteiger partial charge is 0.262 e. The summed E-state index contributed by atoms with van der Waals surface area (Å²) in [6.45, 7) is 5.86. The molecule has 31 heavy (non-hydrogen) atoms. The molecule has 2 N–H and O–H groups in total. The van der Waals surface area contributed by atoms with Crippen LogP contribution in [0.2, 0.25) is 10.0 Å². The van der Waals surface area contributed by atoms with Crippen LogP contribution in [0.5, 0.6) is 0 Å². The van der Waals surface area contributed by atoms with Crippen molar-refractivity contribution in [3.8, 4) is 0 Å². The molecule has 8 heteroatoms. The van der Waals surface area contributed by atoms with E-state index in [-0.39, 0.29) is 16.5 Å². The van der Waals surface area contributed by atoms with Gasteiger partial charge < -0.3 is 10.2 Å². The average molecular weight is 461 g/mol. The van der Waals surface area contributed by atoms with Crippen LogP contribution in [-0.2, 0) is 4.79 Å². The van der Waals surface area contributed by atoms with E-state index >= 15 is 0 Å². The van der Waals surface area contributed by atoms with Gasteiger partial charge in [0, 0.05) is 23.8 Å². The van der Waals surface area contributed by atoms with Crippen molar-refractivity contribution in [3.05, 3.63) is 63.6 Å². The maximum atomic E-state index is 12.6. The summed E-state index contributed by atoms with van der Waals surface area (Å²) in [4.78, 5) is 27.5. The molecule has 1 atom stereocenters. The van der Waals surface area contributed by atoms with Gasteiger partial charge in [0.15, 0.2) is 0 Å². The number of carbonyl (C=O) groups is 2. The highest BCUT2D eigenvalue weighted by Gasteiger charge is 2.25. The van der Waals surface area contributed by atoms with Crippen molar-refractivity contribution in [2.45, 2.75) is 32.7 Å². The lowest BCUT2D eigenvalue weighted by molar-refractivity contribution is -0.123. The molecule has 1 fully saturated rings. The highest BCUT2D eigenvalue weighted by Crippen LogP contribution is 2.22. The number of hydrazone groups is 1. The van der Waals surface area contributed by atoms with E-state index in [1.165, 1.54) is 30.7 Å². The number of nitrogens with zero attached hydrogens (tertiary/aromatic N) is 2.